The predicted molar refractivity (Wildman–Crippen MR) is 74.2 cm³/mol. The molecule has 1 aromatic heterocycles. The smallest absolute Gasteiger partial charge is 0.220 e. The number of nitrogens with zero attached hydrogens (tertiary/aromatic N) is 2. The molecule has 19 heavy (non-hydrogen) atoms. The first-order valence-electron chi connectivity index (χ1n) is 6.24. The van der Waals surface area contributed by atoms with Gasteiger partial charge in [-0.05, 0) is 24.1 Å². The lowest BCUT2D eigenvalue weighted by molar-refractivity contribution is -0.121. The van der Waals surface area contributed by atoms with Crippen LogP contribution in [0, 0.1) is 0 Å². The Balaban J connectivity index is 1.79. The maximum absolute atomic E-state index is 11.8. The Morgan fingerprint density at radius 1 is 1.37 bits per heavy atom. The lowest BCUT2D eigenvalue weighted by Gasteiger charge is -2.07. The van der Waals surface area contributed by atoms with Gasteiger partial charge in [0.1, 0.15) is 0 Å². The van der Waals surface area contributed by atoms with E-state index in [9.17, 15) is 4.79 Å². The van der Waals surface area contributed by atoms with Crippen LogP contribution in [0.1, 0.15) is 17.7 Å². The van der Waals surface area contributed by atoms with Crippen LogP contribution in [-0.2, 0) is 24.8 Å². The molecule has 0 saturated heterocycles. The second kappa shape index (κ2) is 6.04. The molecule has 1 heterocycles. The van der Waals surface area contributed by atoms with Gasteiger partial charge in [-0.1, -0.05) is 18.2 Å². The lowest BCUT2D eigenvalue weighted by Crippen LogP contribution is -2.24. The van der Waals surface area contributed by atoms with Crippen molar-refractivity contribution in [2.45, 2.75) is 19.4 Å². The highest BCUT2D eigenvalue weighted by atomic mass is 16.1. The molecule has 1 amide bonds. The molecule has 2 rings (SSSR count). The van der Waals surface area contributed by atoms with Crippen molar-refractivity contribution in [2.75, 3.05) is 5.73 Å². The number of para-hydroxylation sites is 1. The molecule has 0 fully saturated rings. The highest BCUT2D eigenvalue weighted by Gasteiger charge is 2.05. The number of carbonyl (C=O) groups is 1. The molecular formula is C14H18N4O. The molecule has 0 aliphatic rings. The van der Waals surface area contributed by atoms with Crippen LogP contribution in [0.25, 0.3) is 0 Å². The van der Waals surface area contributed by atoms with E-state index in [4.69, 9.17) is 5.73 Å². The zero-order valence-corrected chi connectivity index (χ0v) is 11.0. The van der Waals surface area contributed by atoms with Crippen molar-refractivity contribution in [3.05, 3.63) is 47.8 Å². The molecule has 0 aliphatic carbocycles. The fourth-order valence-electron chi connectivity index (χ4n) is 1.86. The van der Waals surface area contributed by atoms with Crippen molar-refractivity contribution >= 4 is 11.6 Å². The summed E-state index contributed by atoms with van der Waals surface area (Å²) in [7, 11) is 1.85. The summed E-state index contributed by atoms with van der Waals surface area (Å²) < 4.78 is 1.75. The molecule has 100 valence electrons. The van der Waals surface area contributed by atoms with Crippen LogP contribution in [0.3, 0.4) is 0 Å². The average Bonchev–Trinajstić information content (AvgIpc) is 2.81. The van der Waals surface area contributed by atoms with Gasteiger partial charge in [0.25, 0.3) is 0 Å². The van der Waals surface area contributed by atoms with Crippen LogP contribution in [-0.4, -0.2) is 15.7 Å². The number of hydrogen-bond acceptors (Lipinski definition) is 3. The number of aromatic nitrogens is 2. The zero-order valence-electron chi connectivity index (χ0n) is 11.0. The minimum atomic E-state index is 0.0180. The topological polar surface area (TPSA) is 72.9 Å². The van der Waals surface area contributed by atoms with Gasteiger partial charge in [-0.3, -0.25) is 9.48 Å². The van der Waals surface area contributed by atoms with Gasteiger partial charge in [-0.25, -0.2) is 0 Å². The van der Waals surface area contributed by atoms with Gasteiger partial charge in [0.05, 0.1) is 12.2 Å². The number of rotatable bonds is 5. The highest BCUT2D eigenvalue weighted by Crippen LogP contribution is 2.12. The molecule has 0 unspecified atom stereocenters. The summed E-state index contributed by atoms with van der Waals surface area (Å²) in [6.45, 7) is 0.500. The van der Waals surface area contributed by atoms with Crippen LogP contribution < -0.4 is 11.1 Å². The summed E-state index contributed by atoms with van der Waals surface area (Å²) in [5.74, 6) is 0.0180. The molecular weight excluding hydrogens is 240 g/mol. The lowest BCUT2D eigenvalue weighted by atomic mass is 10.1. The molecule has 0 atom stereocenters. The minimum absolute atomic E-state index is 0.0180. The fourth-order valence-corrected chi connectivity index (χ4v) is 1.86. The summed E-state index contributed by atoms with van der Waals surface area (Å²) >= 11 is 0. The van der Waals surface area contributed by atoms with Crippen molar-refractivity contribution in [1.29, 1.82) is 0 Å². The van der Waals surface area contributed by atoms with E-state index in [1.807, 2.05) is 37.4 Å². The number of nitrogen functional groups attached to an aromatic ring is 1. The van der Waals surface area contributed by atoms with E-state index in [-0.39, 0.29) is 5.91 Å². The molecule has 0 aliphatic heterocycles. The summed E-state index contributed by atoms with van der Waals surface area (Å²) in [6.07, 6.45) is 2.81. The molecule has 0 spiro atoms. The number of nitrogens with two attached hydrogens (primary N) is 1. The molecule has 5 heteroatoms. The first kappa shape index (κ1) is 13.1. The Hall–Kier alpha value is -2.30. The van der Waals surface area contributed by atoms with Crippen molar-refractivity contribution in [2.24, 2.45) is 7.05 Å². The van der Waals surface area contributed by atoms with E-state index < -0.39 is 0 Å². The van der Waals surface area contributed by atoms with Crippen molar-refractivity contribution in [3.63, 3.8) is 0 Å². The Bertz CT molecular complexity index is 562. The first-order valence-corrected chi connectivity index (χ1v) is 6.24. The Morgan fingerprint density at radius 3 is 2.84 bits per heavy atom. The standard InChI is InChI=1S/C14H18N4O/c1-18-12(8-9-17-18)10-16-14(19)7-6-11-4-2-3-5-13(11)15/h2-5,8-9H,6-7,10,15H2,1H3,(H,16,19). The Kier molecular flexibility index (Phi) is 4.18. The number of carbonyl (C=O) groups excluding carboxylic acids is 1. The van der Waals surface area contributed by atoms with Crippen molar-refractivity contribution < 1.29 is 4.79 Å². The Morgan fingerprint density at radius 2 is 2.16 bits per heavy atom. The van der Waals surface area contributed by atoms with Crippen LogP contribution in [0.5, 0.6) is 0 Å². The van der Waals surface area contributed by atoms with Gasteiger partial charge in [0, 0.05) is 25.4 Å². The second-order valence-corrected chi connectivity index (χ2v) is 4.42. The number of nitrogens with one attached hydrogen (secondary N) is 1. The van der Waals surface area contributed by atoms with Gasteiger partial charge >= 0.3 is 0 Å². The molecule has 1 aromatic carbocycles. The van der Waals surface area contributed by atoms with Gasteiger partial charge in [0.15, 0.2) is 0 Å². The molecule has 5 nitrogen and oxygen atoms in total. The Labute approximate surface area is 112 Å². The maximum atomic E-state index is 11.8. The number of amides is 1. The zero-order chi connectivity index (χ0) is 13.7. The van der Waals surface area contributed by atoms with E-state index in [1.165, 1.54) is 0 Å². The normalized spacial score (nSPS) is 10.4. The summed E-state index contributed by atoms with van der Waals surface area (Å²) in [4.78, 5) is 11.8. The second-order valence-electron chi connectivity index (χ2n) is 4.42. The molecule has 0 bridgehead atoms. The third-order valence-electron chi connectivity index (χ3n) is 3.07. The quantitative estimate of drug-likeness (QED) is 0.793. The van der Waals surface area contributed by atoms with Gasteiger partial charge in [-0.2, -0.15) is 5.10 Å². The average molecular weight is 258 g/mol. The summed E-state index contributed by atoms with van der Waals surface area (Å²) in [5.41, 5.74) is 8.56. The summed E-state index contributed by atoms with van der Waals surface area (Å²) in [6, 6.07) is 9.50. The highest BCUT2D eigenvalue weighted by molar-refractivity contribution is 5.76. The number of anilines is 1. The number of hydrogen-bond donors (Lipinski definition) is 2. The van der Waals surface area contributed by atoms with Crippen LogP contribution >= 0.6 is 0 Å². The monoisotopic (exact) mass is 258 g/mol. The van der Waals surface area contributed by atoms with E-state index >= 15 is 0 Å². The largest absolute Gasteiger partial charge is 0.399 e. The molecule has 3 N–H and O–H groups in total. The molecule has 2 aromatic rings. The van der Waals surface area contributed by atoms with Crippen LogP contribution in [0.15, 0.2) is 36.5 Å². The van der Waals surface area contributed by atoms with Crippen LogP contribution in [0.2, 0.25) is 0 Å². The van der Waals surface area contributed by atoms with Crippen LogP contribution in [0.4, 0.5) is 5.69 Å². The van der Waals surface area contributed by atoms with Crippen molar-refractivity contribution in [1.82, 2.24) is 15.1 Å². The van der Waals surface area contributed by atoms with Gasteiger partial charge < -0.3 is 11.1 Å². The number of aryl methyl sites for hydroxylation is 2. The van der Waals surface area contributed by atoms with Gasteiger partial charge in [-0.15, -0.1) is 0 Å². The van der Waals surface area contributed by atoms with E-state index in [0.717, 1.165) is 16.9 Å². The third-order valence-corrected chi connectivity index (χ3v) is 3.07. The van der Waals surface area contributed by atoms with E-state index in [1.54, 1.807) is 10.9 Å². The SMILES string of the molecule is Cn1nccc1CNC(=O)CCc1ccccc1N. The third kappa shape index (κ3) is 3.58. The predicted octanol–water partition coefficient (Wildman–Crippen LogP) is 1.25. The van der Waals surface area contributed by atoms with Crippen molar-refractivity contribution in [3.8, 4) is 0 Å². The minimum Gasteiger partial charge on any atom is -0.399 e. The van der Waals surface area contributed by atoms with E-state index in [2.05, 4.69) is 10.4 Å². The fraction of sp³-hybridized carbons (Fsp3) is 0.286. The summed E-state index contributed by atoms with van der Waals surface area (Å²) in [5, 5.41) is 6.92. The molecule has 0 saturated carbocycles. The first-order chi connectivity index (χ1) is 9.16. The van der Waals surface area contributed by atoms with E-state index in [0.29, 0.717) is 19.4 Å². The number of benzene rings is 1. The maximum Gasteiger partial charge on any atom is 0.220 e. The molecule has 0 radical (unpaired) electrons. The van der Waals surface area contributed by atoms with Gasteiger partial charge in [0.2, 0.25) is 5.91 Å².